The van der Waals surface area contributed by atoms with E-state index >= 15 is 0 Å². The second kappa shape index (κ2) is 4.60. The SMILES string of the molecule is CCOc1cc(F)c(C=O)c(OC)c1. The maximum atomic E-state index is 13.2. The molecule has 3 nitrogen and oxygen atoms in total. The molecule has 0 unspecified atom stereocenters. The number of rotatable bonds is 4. The fraction of sp³-hybridized carbons (Fsp3) is 0.300. The number of halogens is 1. The summed E-state index contributed by atoms with van der Waals surface area (Å²) in [5.74, 6) is -0.0984. The summed E-state index contributed by atoms with van der Waals surface area (Å²) in [5, 5.41) is 0. The summed E-state index contributed by atoms with van der Waals surface area (Å²) in [7, 11) is 1.37. The standard InChI is InChI=1S/C10H11FO3/c1-3-14-7-4-9(11)8(6-12)10(5-7)13-2/h4-6H,3H2,1-2H3. The van der Waals surface area contributed by atoms with E-state index in [2.05, 4.69) is 0 Å². The van der Waals surface area contributed by atoms with Gasteiger partial charge < -0.3 is 9.47 Å². The van der Waals surface area contributed by atoms with E-state index in [4.69, 9.17) is 9.47 Å². The van der Waals surface area contributed by atoms with E-state index in [-0.39, 0.29) is 11.3 Å². The number of carbonyl (C=O) groups excluding carboxylic acids is 1. The number of ether oxygens (including phenoxy) is 2. The highest BCUT2D eigenvalue weighted by atomic mass is 19.1. The van der Waals surface area contributed by atoms with Gasteiger partial charge in [0.15, 0.2) is 6.29 Å². The van der Waals surface area contributed by atoms with Crippen molar-refractivity contribution in [3.63, 3.8) is 0 Å². The molecule has 76 valence electrons. The first kappa shape index (κ1) is 10.5. The molecule has 0 amide bonds. The summed E-state index contributed by atoms with van der Waals surface area (Å²) in [6, 6.07) is 2.64. The van der Waals surface area contributed by atoms with Crippen LogP contribution in [0.15, 0.2) is 12.1 Å². The van der Waals surface area contributed by atoms with Crippen LogP contribution in [0, 0.1) is 5.82 Å². The summed E-state index contributed by atoms with van der Waals surface area (Å²) in [5.41, 5.74) is -0.0871. The number of hydrogen-bond acceptors (Lipinski definition) is 3. The summed E-state index contributed by atoms with van der Waals surface area (Å²) in [6.45, 7) is 2.22. The summed E-state index contributed by atoms with van der Waals surface area (Å²) in [4.78, 5) is 10.5. The lowest BCUT2D eigenvalue weighted by molar-refractivity contribution is 0.111. The highest BCUT2D eigenvalue weighted by Gasteiger charge is 2.11. The lowest BCUT2D eigenvalue weighted by atomic mass is 10.2. The third kappa shape index (κ3) is 2.02. The van der Waals surface area contributed by atoms with Crippen LogP contribution in [0.3, 0.4) is 0 Å². The minimum atomic E-state index is -0.636. The van der Waals surface area contributed by atoms with E-state index in [0.29, 0.717) is 18.6 Å². The van der Waals surface area contributed by atoms with Crippen molar-refractivity contribution in [2.75, 3.05) is 13.7 Å². The topological polar surface area (TPSA) is 35.5 Å². The van der Waals surface area contributed by atoms with Crippen LogP contribution < -0.4 is 9.47 Å². The molecule has 0 aliphatic rings. The van der Waals surface area contributed by atoms with Gasteiger partial charge in [0.05, 0.1) is 19.3 Å². The Labute approximate surface area is 81.4 Å². The van der Waals surface area contributed by atoms with Crippen molar-refractivity contribution < 1.29 is 18.7 Å². The van der Waals surface area contributed by atoms with E-state index in [1.165, 1.54) is 13.2 Å². The van der Waals surface area contributed by atoms with Crippen LogP contribution >= 0.6 is 0 Å². The third-order valence-electron chi connectivity index (χ3n) is 1.71. The zero-order chi connectivity index (χ0) is 10.6. The van der Waals surface area contributed by atoms with E-state index in [1.54, 1.807) is 6.92 Å². The molecular formula is C10H11FO3. The molecule has 0 aliphatic carbocycles. The van der Waals surface area contributed by atoms with Crippen LogP contribution in [0.25, 0.3) is 0 Å². The highest BCUT2D eigenvalue weighted by molar-refractivity contribution is 5.80. The van der Waals surface area contributed by atoms with Crippen molar-refractivity contribution in [2.24, 2.45) is 0 Å². The quantitative estimate of drug-likeness (QED) is 0.694. The normalized spacial score (nSPS) is 9.64. The molecule has 1 aromatic rings. The van der Waals surface area contributed by atoms with Crippen molar-refractivity contribution >= 4 is 6.29 Å². The maximum absolute atomic E-state index is 13.2. The Bertz CT molecular complexity index is 336. The molecule has 0 aliphatic heterocycles. The van der Waals surface area contributed by atoms with E-state index in [9.17, 15) is 9.18 Å². The van der Waals surface area contributed by atoms with Gasteiger partial charge in [-0.1, -0.05) is 0 Å². The maximum Gasteiger partial charge on any atom is 0.156 e. The van der Waals surface area contributed by atoms with Gasteiger partial charge in [-0.05, 0) is 6.92 Å². The molecule has 4 heteroatoms. The minimum absolute atomic E-state index is 0.0871. The average Bonchev–Trinajstić information content (AvgIpc) is 2.17. The molecule has 14 heavy (non-hydrogen) atoms. The average molecular weight is 198 g/mol. The fourth-order valence-electron chi connectivity index (χ4n) is 1.10. The Kier molecular flexibility index (Phi) is 3.45. The van der Waals surface area contributed by atoms with Crippen molar-refractivity contribution in [2.45, 2.75) is 6.92 Å². The molecule has 1 rings (SSSR count). The number of aldehydes is 1. The first-order valence-corrected chi connectivity index (χ1v) is 4.18. The summed E-state index contributed by atoms with van der Waals surface area (Å²) >= 11 is 0. The molecule has 0 aromatic heterocycles. The summed E-state index contributed by atoms with van der Waals surface area (Å²) < 4.78 is 23.2. The smallest absolute Gasteiger partial charge is 0.156 e. The molecule has 0 saturated carbocycles. The number of hydrogen-bond donors (Lipinski definition) is 0. The molecule has 0 bridgehead atoms. The molecular weight excluding hydrogens is 187 g/mol. The van der Waals surface area contributed by atoms with Crippen LogP contribution in [-0.4, -0.2) is 20.0 Å². The monoisotopic (exact) mass is 198 g/mol. The fourth-order valence-corrected chi connectivity index (χ4v) is 1.10. The number of benzene rings is 1. The van der Waals surface area contributed by atoms with Crippen LogP contribution in [0.2, 0.25) is 0 Å². The first-order chi connectivity index (χ1) is 6.72. The van der Waals surface area contributed by atoms with Gasteiger partial charge in [-0.25, -0.2) is 4.39 Å². The van der Waals surface area contributed by atoms with Crippen LogP contribution in [0.5, 0.6) is 11.5 Å². The van der Waals surface area contributed by atoms with Gasteiger partial charge in [-0.2, -0.15) is 0 Å². The van der Waals surface area contributed by atoms with Gasteiger partial charge in [-0.3, -0.25) is 4.79 Å². The van der Waals surface area contributed by atoms with Gasteiger partial charge in [-0.15, -0.1) is 0 Å². The minimum Gasteiger partial charge on any atom is -0.496 e. The van der Waals surface area contributed by atoms with Gasteiger partial charge in [0.1, 0.15) is 17.3 Å². The molecule has 0 spiro atoms. The predicted octanol–water partition coefficient (Wildman–Crippen LogP) is 2.05. The van der Waals surface area contributed by atoms with Crippen LogP contribution in [0.4, 0.5) is 4.39 Å². The van der Waals surface area contributed by atoms with Crippen molar-refractivity contribution in [1.82, 2.24) is 0 Å². The highest BCUT2D eigenvalue weighted by Crippen LogP contribution is 2.26. The number of carbonyl (C=O) groups is 1. The summed E-state index contributed by atoms with van der Waals surface area (Å²) in [6.07, 6.45) is 0.421. The molecule has 0 N–H and O–H groups in total. The Hall–Kier alpha value is -1.58. The van der Waals surface area contributed by atoms with Crippen molar-refractivity contribution in [3.8, 4) is 11.5 Å². The van der Waals surface area contributed by atoms with Gasteiger partial charge in [0, 0.05) is 12.1 Å². The molecule has 0 heterocycles. The second-order valence-corrected chi connectivity index (χ2v) is 2.57. The Balaban J connectivity index is 3.16. The predicted molar refractivity (Wildman–Crippen MR) is 49.5 cm³/mol. The van der Waals surface area contributed by atoms with E-state index in [1.807, 2.05) is 0 Å². The van der Waals surface area contributed by atoms with Crippen LogP contribution in [-0.2, 0) is 0 Å². The Morgan fingerprint density at radius 1 is 1.50 bits per heavy atom. The van der Waals surface area contributed by atoms with E-state index < -0.39 is 5.82 Å². The largest absolute Gasteiger partial charge is 0.496 e. The number of methoxy groups -OCH3 is 1. The van der Waals surface area contributed by atoms with E-state index in [0.717, 1.165) is 6.07 Å². The van der Waals surface area contributed by atoms with Crippen LogP contribution in [0.1, 0.15) is 17.3 Å². The van der Waals surface area contributed by atoms with Gasteiger partial charge >= 0.3 is 0 Å². The third-order valence-corrected chi connectivity index (χ3v) is 1.71. The lowest BCUT2D eigenvalue weighted by Crippen LogP contribution is -1.98. The zero-order valence-corrected chi connectivity index (χ0v) is 8.04. The molecule has 1 aromatic carbocycles. The second-order valence-electron chi connectivity index (χ2n) is 2.57. The molecule has 0 fully saturated rings. The molecule has 0 saturated heterocycles. The van der Waals surface area contributed by atoms with Gasteiger partial charge in [0.25, 0.3) is 0 Å². The first-order valence-electron chi connectivity index (χ1n) is 4.18. The van der Waals surface area contributed by atoms with Gasteiger partial charge in [0.2, 0.25) is 0 Å². The van der Waals surface area contributed by atoms with Crippen molar-refractivity contribution in [1.29, 1.82) is 0 Å². The molecule has 0 atom stereocenters. The Morgan fingerprint density at radius 2 is 2.21 bits per heavy atom. The van der Waals surface area contributed by atoms with Crippen molar-refractivity contribution in [3.05, 3.63) is 23.5 Å². The molecule has 0 radical (unpaired) electrons. The Morgan fingerprint density at radius 3 is 2.71 bits per heavy atom. The lowest BCUT2D eigenvalue weighted by Gasteiger charge is -2.08. The zero-order valence-electron chi connectivity index (χ0n) is 8.04.